The molecule has 1 heterocycles. The van der Waals surface area contributed by atoms with Gasteiger partial charge in [-0.2, -0.15) is 0 Å². The van der Waals surface area contributed by atoms with E-state index in [1.807, 2.05) is 17.8 Å². The van der Waals surface area contributed by atoms with Crippen LogP contribution in [0.2, 0.25) is 0 Å². The Balaban J connectivity index is 2.67. The molecule has 0 aliphatic rings. The molecule has 3 nitrogen and oxygen atoms in total. The lowest BCUT2D eigenvalue weighted by atomic mass is 10.2. The van der Waals surface area contributed by atoms with E-state index < -0.39 is 5.97 Å². The molecule has 1 rings (SSSR count). The third kappa shape index (κ3) is 1.62. The summed E-state index contributed by atoms with van der Waals surface area (Å²) in [7, 11) is 1.87. The fourth-order valence-corrected chi connectivity index (χ4v) is 0.840. The van der Waals surface area contributed by atoms with E-state index in [1.165, 1.54) is 0 Å². The Kier molecular flexibility index (Phi) is 1.76. The molecule has 0 fully saturated rings. The minimum absolute atomic E-state index is 0.112. The van der Waals surface area contributed by atoms with Gasteiger partial charge in [0.1, 0.15) is 0 Å². The zero-order chi connectivity index (χ0) is 7.56. The first-order valence-electron chi connectivity index (χ1n) is 3.01. The molecular formula is C7H9NO2. The van der Waals surface area contributed by atoms with Crippen molar-refractivity contribution in [3.63, 3.8) is 0 Å². The lowest BCUT2D eigenvalue weighted by molar-refractivity contribution is -0.136. The van der Waals surface area contributed by atoms with E-state index in [1.54, 1.807) is 12.3 Å². The van der Waals surface area contributed by atoms with Crippen molar-refractivity contribution in [2.75, 3.05) is 0 Å². The molecule has 0 radical (unpaired) electrons. The Labute approximate surface area is 58.9 Å². The monoisotopic (exact) mass is 139 g/mol. The summed E-state index contributed by atoms with van der Waals surface area (Å²) in [6.45, 7) is 0. The molecule has 1 aromatic heterocycles. The number of hydrogen-bond donors (Lipinski definition) is 1. The highest BCUT2D eigenvalue weighted by molar-refractivity contribution is 5.69. The normalized spacial score (nSPS) is 9.70. The molecule has 0 bridgehead atoms. The van der Waals surface area contributed by atoms with E-state index in [2.05, 4.69) is 0 Å². The predicted molar refractivity (Wildman–Crippen MR) is 36.8 cm³/mol. The van der Waals surface area contributed by atoms with Crippen molar-refractivity contribution >= 4 is 5.97 Å². The number of rotatable bonds is 2. The minimum Gasteiger partial charge on any atom is -0.481 e. The molecule has 0 spiro atoms. The van der Waals surface area contributed by atoms with E-state index in [-0.39, 0.29) is 6.42 Å². The summed E-state index contributed by atoms with van der Waals surface area (Å²) >= 11 is 0. The van der Waals surface area contributed by atoms with Gasteiger partial charge in [-0.3, -0.25) is 4.79 Å². The lowest BCUT2D eigenvalue weighted by Gasteiger charge is -1.87. The summed E-state index contributed by atoms with van der Waals surface area (Å²) in [4.78, 5) is 10.2. The molecule has 10 heavy (non-hydrogen) atoms. The Morgan fingerprint density at radius 3 is 2.90 bits per heavy atom. The maximum absolute atomic E-state index is 10.2. The highest BCUT2D eigenvalue weighted by Crippen LogP contribution is 1.99. The Bertz CT molecular complexity index is 240. The Morgan fingerprint density at radius 1 is 1.80 bits per heavy atom. The largest absolute Gasteiger partial charge is 0.481 e. The van der Waals surface area contributed by atoms with E-state index in [0.29, 0.717) is 0 Å². The maximum atomic E-state index is 10.2. The summed E-state index contributed by atoms with van der Waals surface area (Å²) in [5, 5.41) is 8.37. The van der Waals surface area contributed by atoms with Gasteiger partial charge in [0.25, 0.3) is 0 Å². The van der Waals surface area contributed by atoms with Crippen LogP contribution in [0.3, 0.4) is 0 Å². The predicted octanol–water partition coefficient (Wildman–Crippen LogP) is 0.652. The summed E-state index contributed by atoms with van der Waals surface area (Å²) in [6.07, 6.45) is 3.74. The van der Waals surface area contributed by atoms with Crippen LogP contribution in [0, 0.1) is 0 Å². The molecule has 0 aliphatic carbocycles. The molecule has 0 saturated heterocycles. The topological polar surface area (TPSA) is 42.2 Å². The first kappa shape index (κ1) is 6.86. The molecule has 0 unspecified atom stereocenters. The van der Waals surface area contributed by atoms with Gasteiger partial charge in [0.05, 0.1) is 6.42 Å². The van der Waals surface area contributed by atoms with Gasteiger partial charge in [0.2, 0.25) is 0 Å². The molecule has 54 valence electrons. The van der Waals surface area contributed by atoms with E-state index >= 15 is 0 Å². The number of nitrogens with zero attached hydrogens (tertiary/aromatic N) is 1. The van der Waals surface area contributed by atoms with Gasteiger partial charge < -0.3 is 9.67 Å². The van der Waals surface area contributed by atoms with E-state index in [0.717, 1.165) is 5.56 Å². The zero-order valence-electron chi connectivity index (χ0n) is 5.74. The van der Waals surface area contributed by atoms with Crippen molar-refractivity contribution in [3.8, 4) is 0 Å². The van der Waals surface area contributed by atoms with Crippen molar-refractivity contribution in [1.29, 1.82) is 0 Å². The second kappa shape index (κ2) is 2.56. The number of carbonyl (C=O) groups is 1. The van der Waals surface area contributed by atoms with Crippen molar-refractivity contribution in [2.45, 2.75) is 6.42 Å². The number of carboxylic acid groups (broad SMARTS) is 1. The average molecular weight is 139 g/mol. The van der Waals surface area contributed by atoms with E-state index in [9.17, 15) is 4.79 Å². The van der Waals surface area contributed by atoms with Gasteiger partial charge in [0.15, 0.2) is 0 Å². The maximum Gasteiger partial charge on any atom is 0.307 e. The minimum atomic E-state index is -0.786. The fraction of sp³-hybridized carbons (Fsp3) is 0.286. The third-order valence-electron chi connectivity index (χ3n) is 1.25. The van der Waals surface area contributed by atoms with Crippen LogP contribution >= 0.6 is 0 Å². The van der Waals surface area contributed by atoms with Crippen LogP contribution in [0.1, 0.15) is 5.56 Å². The summed E-state index contributed by atoms with van der Waals surface area (Å²) in [6, 6.07) is 1.80. The molecular weight excluding hydrogens is 130 g/mol. The van der Waals surface area contributed by atoms with Crippen molar-refractivity contribution in [3.05, 3.63) is 24.0 Å². The second-order valence-corrected chi connectivity index (χ2v) is 2.26. The number of hydrogen-bond acceptors (Lipinski definition) is 1. The summed E-state index contributed by atoms with van der Waals surface area (Å²) in [5.74, 6) is -0.786. The Morgan fingerprint density at radius 2 is 2.50 bits per heavy atom. The molecule has 3 heteroatoms. The molecule has 1 N–H and O–H groups in total. The zero-order valence-corrected chi connectivity index (χ0v) is 5.74. The van der Waals surface area contributed by atoms with Crippen LogP contribution in [0.15, 0.2) is 18.5 Å². The second-order valence-electron chi connectivity index (χ2n) is 2.26. The molecule has 0 atom stereocenters. The Hall–Kier alpha value is -1.25. The quantitative estimate of drug-likeness (QED) is 0.653. The van der Waals surface area contributed by atoms with Crippen molar-refractivity contribution < 1.29 is 9.90 Å². The standard InChI is InChI=1S/C7H9NO2/c1-8-3-2-6(5-8)4-7(9)10/h2-3,5H,4H2,1H3,(H,9,10). The highest BCUT2D eigenvalue weighted by Gasteiger charge is 1.99. The number of aryl methyl sites for hydroxylation is 1. The highest BCUT2D eigenvalue weighted by atomic mass is 16.4. The first-order valence-corrected chi connectivity index (χ1v) is 3.01. The number of carboxylic acids is 1. The van der Waals surface area contributed by atoms with E-state index in [4.69, 9.17) is 5.11 Å². The van der Waals surface area contributed by atoms with Gasteiger partial charge in [-0.25, -0.2) is 0 Å². The van der Waals surface area contributed by atoms with Crippen LogP contribution in [0.5, 0.6) is 0 Å². The lowest BCUT2D eigenvalue weighted by Crippen LogP contribution is -1.98. The molecule has 0 aliphatic heterocycles. The van der Waals surface area contributed by atoms with Crippen LogP contribution < -0.4 is 0 Å². The van der Waals surface area contributed by atoms with Crippen LogP contribution in [0.4, 0.5) is 0 Å². The summed E-state index contributed by atoms with van der Waals surface area (Å²) in [5.41, 5.74) is 0.843. The fourth-order valence-electron chi connectivity index (χ4n) is 0.840. The number of aliphatic carboxylic acids is 1. The van der Waals surface area contributed by atoms with Gasteiger partial charge >= 0.3 is 5.97 Å². The molecule has 1 aromatic rings. The van der Waals surface area contributed by atoms with Gasteiger partial charge in [-0.1, -0.05) is 0 Å². The van der Waals surface area contributed by atoms with Gasteiger partial charge in [-0.15, -0.1) is 0 Å². The van der Waals surface area contributed by atoms with Gasteiger partial charge in [-0.05, 0) is 11.6 Å². The third-order valence-corrected chi connectivity index (χ3v) is 1.25. The van der Waals surface area contributed by atoms with Crippen LogP contribution in [0.25, 0.3) is 0 Å². The average Bonchev–Trinajstić information content (AvgIpc) is 2.13. The van der Waals surface area contributed by atoms with Crippen LogP contribution in [-0.4, -0.2) is 15.6 Å². The number of aromatic nitrogens is 1. The molecule has 0 saturated carbocycles. The SMILES string of the molecule is Cn1ccc(CC(=O)O)c1. The first-order chi connectivity index (χ1) is 4.68. The van der Waals surface area contributed by atoms with Crippen molar-refractivity contribution in [1.82, 2.24) is 4.57 Å². The van der Waals surface area contributed by atoms with Gasteiger partial charge in [0, 0.05) is 19.4 Å². The molecule has 0 amide bonds. The smallest absolute Gasteiger partial charge is 0.307 e. The van der Waals surface area contributed by atoms with Crippen LogP contribution in [-0.2, 0) is 18.3 Å². The molecule has 0 aromatic carbocycles. The summed E-state index contributed by atoms with van der Waals surface area (Å²) < 4.78 is 1.83. The van der Waals surface area contributed by atoms with Crippen molar-refractivity contribution in [2.24, 2.45) is 7.05 Å².